The summed E-state index contributed by atoms with van der Waals surface area (Å²) in [6.45, 7) is 0. The number of thioether (sulfide) groups is 1. The highest BCUT2D eigenvalue weighted by molar-refractivity contribution is 7.99. The van der Waals surface area contributed by atoms with E-state index in [1.54, 1.807) is 0 Å². The molecule has 0 aromatic heterocycles. The van der Waals surface area contributed by atoms with Gasteiger partial charge in [-0.3, -0.25) is 9.59 Å². The number of esters is 1. The van der Waals surface area contributed by atoms with Gasteiger partial charge in [-0.1, -0.05) is 60.7 Å². The predicted molar refractivity (Wildman–Crippen MR) is 96.8 cm³/mol. The van der Waals surface area contributed by atoms with Gasteiger partial charge in [-0.05, 0) is 11.1 Å². The average Bonchev–Trinajstić information content (AvgIpc) is 2.64. The van der Waals surface area contributed by atoms with Gasteiger partial charge >= 0.3 is 5.97 Å². The number of benzene rings is 2. The van der Waals surface area contributed by atoms with Crippen molar-refractivity contribution in [2.45, 2.75) is 12.5 Å². The zero-order valence-corrected chi connectivity index (χ0v) is 14.4. The number of amides is 1. The van der Waals surface area contributed by atoms with E-state index in [0.29, 0.717) is 12.2 Å². The van der Waals surface area contributed by atoms with Crippen molar-refractivity contribution < 1.29 is 14.3 Å². The normalized spacial score (nSPS) is 10.4. The van der Waals surface area contributed by atoms with E-state index >= 15 is 0 Å². The van der Waals surface area contributed by atoms with Crippen LogP contribution in [-0.4, -0.2) is 30.5 Å². The highest BCUT2D eigenvalue weighted by Gasteiger charge is 2.16. The average molecular weight is 343 g/mol. The van der Waals surface area contributed by atoms with Crippen molar-refractivity contribution in [3.8, 4) is 0 Å². The lowest BCUT2D eigenvalue weighted by Crippen LogP contribution is -2.29. The number of ether oxygens (including phenoxy) is 1. The third-order valence-electron chi connectivity index (χ3n) is 3.49. The smallest absolute Gasteiger partial charge is 0.315 e. The molecule has 2 aromatic carbocycles. The Morgan fingerprint density at radius 2 is 1.54 bits per heavy atom. The minimum atomic E-state index is -0.271. The van der Waals surface area contributed by atoms with E-state index in [-0.39, 0.29) is 23.7 Å². The van der Waals surface area contributed by atoms with Crippen molar-refractivity contribution in [1.29, 1.82) is 0 Å². The van der Waals surface area contributed by atoms with Gasteiger partial charge in [0.1, 0.15) is 0 Å². The Morgan fingerprint density at radius 3 is 2.04 bits per heavy atom. The second-order valence-electron chi connectivity index (χ2n) is 5.20. The molecule has 5 heteroatoms. The molecule has 0 saturated carbocycles. The molecule has 0 fully saturated rings. The van der Waals surface area contributed by atoms with E-state index in [1.165, 1.54) is 18.9 Å². The van der Waals surface area contributed by atoms with Gasteiger partial charge in [0.2, 0.25) is 5.91 Å². The van der Waals surface area contributed by atoms with Gasteiger partial charge in [0, 0.05) is 12.2 Å². The molecular weight excluding hydrogens is 322 g/mol. The zero-order valence-electron chi connectivity index (χ0n) is 13.6. The maximum atomic E-state index is 12.3. The molecule has 24 heavy (non-hydrogen) atoms. The number of carbonyl (C=O) groups excluding carboxylic acids is 2. The summed E-state index contributed by atoms with van der Waals surface area (Å²) in [4.78, 5) is 23.3. The third-order valence-corrected chi connectivity index (χ3v) is 4.42. The number of hydrogen-bond donors (Lipinski definition) is 1. The van der Waals surface area contributed by atoms with Crippen molar-refractivity contribution in [3.63, 3.8) is 0 Å². The van der Waals surface area contributed by atoms with Crippen LogP contribution in [-0.2, 0) is 14.3 Å². The number of hydrogen-bond acceptors (Lipinski definition) is 4. The van der Waals surface area contributed by atoms with E-state index in [4.69, 9.17) is 0 Å². The van der Waals surface area contributed by atoms with Gasteiger partial charge < -0.3 is 10.1 Å². The fourth-order valence-electron chi connectivity index (χ4n) is 2.26. The Labute approximate surface area is 146 Å². The molecule has 4 nitrogen and oxygen atoms in total. The Hall–Kier alpha value is -2.27. The summed E-state index contributed by atoms with van der Waals surface area (Å²) in [5, 5.41) is 3.08. The molecule has 1 amide bonds. The molecule has 1 N–H and O–H groups in total. The molecule has 0 aliphatic rings. The molecule has 0 saturated heterocycles. The highest BCUT2D eigenvalue weighted by Crippen LogP contribution is 2.22. The van der Waals surface area contributed by atoms with Crippen LogP contribution in [0.2, 0.25) is 0 Å². The maximum Gasteiger partial charge on any atom is 0.315 e. The summed E-state index contributed by atoms with van der Waals surface area (Å²) < 4.78 is 4.58. The minimum Gasteiger partial charge on any atom is -0.468 e. The van der Waals surface area contributed by atoms with Crippen LogP contribution in [0.5, 0.6) is 0 Å². The molecule has 0 heterocycles. The van der Waals surface area contributed by atoms with Crippen LogP contribution in [0, 0.1) is 0 Å². The van der Waals surface area contributed by atoms with Crippen molar-refractivity contribution in [1.82, 2.24) is 5.32 Å². The van der Waals surface area contributed by atoms with Crippen molar-refractivity contribution >= 4 is 23.6 Å². The third kappa shape index (κ3) is 5.74. The van der Waals surface area contributed by atoms with Gasteiger partial charge in [0.25, 0.3) is 0 Å². The summed E-state index contributed by atoms with van der Waals surface area (Å²) in [7, 11) is 1.36. The molecule has 0 aliphatic heterocycles. The van der Waals surface area contributed by atoms with Crippen molar-refractivity contribution in [2.75, 3.05) is 18.6 Å². The molecule has 0 unspecified atom stereocenters. The van der Waals surface area contributed by atoms with Crippen molar-refractivity contribution in [2.24, 2.45) is 0 Å². The topological polar surface area (TPSA) is 55.4 Å². The van der Waals surface area contributed by atoms with E-state index < -0.39 is 0 Å². The summed E-state index contributed by atoms with van der Waals surface area (Å²) in [6.07, 6.45) is 0.359. The Morgan fingerprint density at radius 1 is 1.00 bits per heavy atom. The molecule has 2 aromatic rings. The lowest BCUT2D eigenvalue weighted by molar-refractivity contribution is -0.137. The summed E-state index contributed by atoms with van der Waals surface area (Å²) in [5.74, 6) is 0.541. The molecule has 2 rings (SSSR count). The molecule has 0 atom stereocenters. The van der Waals surface area contributed by atoms with Crippen LogP contribution in [0.3, 0.4) is 0 Å². The first-order valence-electron chi connectivity index (χ1n) is 7.74. The largest absolute Gasteiger partial charge is 0.468 e. The fourth-order valence-corrected chi connectivity index (χ4v) is 3.02. The monoisotopic (exact) mass is 343 g/mol. The molecule has 126 valence electrons. The number of rotatable bonds is 8. The van der Waals surface area contributed by atoms with Gasteiger partial charge in [-0.15, -0.1) is 11.8 Å². The first-order chi connectivity index (χ1) is 11.7. The minimum absolute atomic E-state index is 0.0370. The lowest BCUT2D eigenvalue weighted by atomic mass is 9.98. The van der Waals surface area contributed by atoms with Crippen LogP contribution in [0.1, 0.15) is 23.6 Å². The van der Waals surface area contributed by atoms with Gasteiger partial charge in [0.15, 0.2) is 0 Å². The van der Waals surface area contributed by atoms with Crippen LogP contribution < -0.4 is 5.32 Å². The maximum absolute atomic E-state index is 12.3. The van der Waals surface area contributed by atoms with Crippen LogP contribution in [0.4, 0.5) is 0 Å². The SMILES string of the molecule is COC(=O)CSCCC(=O)NC(c1ccccc1)c1ccccc1. The number of carbonyl (C=O) groups is 2. The van der Waals surface area contributed by atoms with Crippen LogP contribution in [0.25, 0.3) is 0 Å². The number of nitrogens with one attached hydrogen (secondary N) is 1. The molecule has 0 aliphatic carbocycles. The van der Waals surface area contributed by atoms with E-state index in [1.807, 2.05) is 60.7 Å². The van der Waals surface area contributed by atoms with Crippen LogP contribution in [0.15, 0.2) is 60.7 Å². The molecule has 0 bridgehead atoms. The first kappa shape index (κ1) is 18.1. The molecule has 0 radical (unpaired) electrons. The van der Waals surface area contributed by atoms with E-state index in [0.717, 1.165) is 11.1 Å². The molecule has 0 spiro atoms. The second-order valence-corrected chi connectivity index (χ2v) is 6.31. The first-order valence-corrected chi connectivity index (χ1v) is 8.90. The van der Waals surface area contributed by atoms with Crippen LogP contribution >= 0.6 is 11.8 Å². The van der Waals surface area contributed by atoms with Gasteiger partial charge in [-0.25, -0.2) is 0 Å². The Bertz CT molecular complexity index is 607. The standard InChI is InChI=1S/C19H21NO3S/c1-23-18(22)14-24-13-12-17(21)20-19(15-8-4-2-5-9-15)16-10-6-3-7-11-16/h2-11,19H,12-14H2,1H3,(H,20,21). The summed E-state index contributed by atoms with van der Waals surface area (Å²) >= 11 is 1.40. The highest BCUT2D eigenvalue weighted by atomic mass is 32.2. The summed E-state index contributed by atoms with van der Waals surface area (Å²) in [5.41, 5.74) is 2.08. The Kier molecular flexibility index (Phi) is 7.36. The van der Waals surface area contributed by atoms with Crippen molar-refractivity contribution in [3.05, 3.63) is 71.8 Å². The molecular formula is C19H21NO3S. The van der Waals surface area contributed by atoms with Gasteiger partial charge in [0.05, 0.1) is 18.9 Å². The van der Waals surface area contributed by atoms with E-state index in [9.17, 15) is 9.59 Å². The fraction of sp³-hybridized carbons (Fsp3) is 0.263. The van der Waals surface area contributed by atoms with Gasteiger partial charge in [-0.2, -0.15) is 0 Å². The summed E-state index contributed by atoms with van der Waals surface area (Å²) in [6, 6.07) is 19.6. The second kappa shape index (κ2) is 9.78. The predicted octanol–water partition coefficient (Wildman–Crippen LogP) is 3.19. The number of methoxy groups -OCH3 is 1. The Balaban J connectivity index is 1.96. The zero-order chi connectivity index (χ0) is 17.2. The van der Waals surface area contributed by atoms with E-state index in [2.05, 4.69) is 10.1 Å². The lowest BCUT2D eigenvalue weighted by Gasteiger charge is -2.20. The quantitative estimate of drug-likeness (QED) is 0.591.